The van der Waals surface area contributed by atoms with E-state index in [-0.39, 0.29) is 11.8 Å². The molecular formula is C14H22N2O2. The van der Waals surface area contributed by atoms with Gasteiger partial charge >= 0.3 is 0 Å². The molecule has 0 aromatic rings. The highest BCUT2D eigenvalue weighted by Gasteiger charge is 2.37. The Bertz CT molecular complexity index is 338. The van der Waals surface area contributed by atoms with Crippen LogP contribution in [0.4, 0.5) is 0 Å². The van der Waals surface area contributed by atoms with Gasteiger partial charge in [-0.3, -0.25) is 19.4 Å². The highest BCUT2D eigenvalue weighted by molar-refractivity contribution is 6.01. The van der Waals surface area contributed by atoms with Crippen molar-refractivity contribution in [2.45, 2.75) is 57.4 Å². The third kappa shape index (κ3) is 2.18. The van der Waals surface area contributed by atoms with E-state index in [0.717, 1.165) is 12.5 Å². The second kappa shape index (κ2) is 5.00. The van der Waals surface area contributed by atoms with Gasteiger partial charge in [0.15, 0.2) is 0 Å². The Labute approximate surface area is 108 Å². The van der Waals surface area contributed by atoms with Gasteiger partial charge in [-0.25, -0.2) is 0 Å². The first-order chi connectivity index (χ1) is 8.75. The van der Waals surface area contributed by atoms with Crippen molar-refractivity contribution < 1.29 is 9.59 Å². The quantitative estimate of drug-likeness (QED) is 0.701. The lowest BCUT2D eigenvalue weighted by molar-refractivity contribution is -0.142. The third-order valence-corrected chi connectivity index (χ3v) is 4.84. The molecule has 0 bridgehead atoms. The Hall–Kier alpha value is -0.900. The summed E-state index contributed by atoms with van der Waals surface area (Å²) < 4.78 is 0. The molecule has 4 nitrogen and oxygen atoms in total. The molecule has 0 N–H and O–H groups in total. The molecule has 2 unspecified atom stereocenters. The zero-order valence-corrected chi connectivity index (χ0v) is 10.9. The first-order valence-electron chi connectivity index (χ1n) is 7.33. The number of hydrogen-bond donors (Lipinski definition) is 0. The number of fused-ring (bicyclic) bond motifs is 1. The number of nitrogens with zero attached hydrogens (tertiary/aromatic N) is 2. The summed E-state index contributed by atoms with van der Waals surface area (Å²) in [6.07, 6.45) is 8.64. The number of imide groups is 1. The second-order valence-electron chi connectivity index (χ2n) is 5.92. The fraction of sp³-hybridized carbons (Fsp3) is 0.857. The number of piperidine rings is 1. The van der Waals surface area contributed by atoms with Gasteiger partial charge in [0, 0.05) is 25.4 Å². The first-order valence-corrected chi connectivity index (χ1v) is 7.33. The van der Waals surface area contributed by atoms with Gasteiger partial charge in [-0.05, 0) is 31.6 Å². The van der Waals surface area contributed by atoms with Crippen molar-refractivity contribution in [1.29, 1.82) is 0 Å². The van der Waals surface area contributed by atoms with Crippen LogP contribution in [0.5, 0.6) is 0 Å². The SMILES string of the molecule is O=C1CCC(=O)N1CN1CCCC2CCCCC21. The van der Waals surface area contributed by atoms with E-state index in [4.69, 9.17) is 0 Å². The van der Waals surface area contributed by atoms with Crippen molar-refractivity contribution >= 4 is 11.8 Å². The minimum absolute atomic E-state index is 0.0259. The molecule has 2 amide bonds. The van der Waals surface area contributed by atoms with Crippen molar-refractivity contribution in [3.63, 3.8) is 0 Å². The average molecular weight is 250 g/mol. The van der Waals surface area contributed by atoms with Crippen LogP contribution in [-0.4, -0.2) is 40.9 Å². The molecule has 100 valence electrons. The molecular weight excluding hydrogens is 228 g/mol. The van der Waals surface area contributed by atoms with Gasteiger partial charge in [0.25, 0.3) is 0 Å². The maximum Gasteiger partial charge on any atom is 0.230 e. The standard InChI is InChI=1S/C14H22N2O2/c17-13-7-8-14(18)16(13)10-15-9-3-5-11-4-1-2-6-12(11)15/h11-12H,1-10H2. The largest absolute Gasteiger partial charge is 0.282 e. The van der Waals surface area contributed by atoms with Gasteiger partial charge < -0.3 is 0 Å². The number of likely N-dealkylation sites (tertiary alicyclic amines) is 2. The lowest BCUT2D eigenvalue weighted by Gasteiger charge is -2.45. The second-order valence-corrected chi connectivity index (χ2v) is 5.92. The molecule has 2 saturated heterocycles. The van der Waals surface area contributed by atoms with Crippen LogP contribution in [0, 0.1) is 5.92 Å². The molecule has 0 aromatic heterocycles. The van der Waals surface area contributed by atoms with Crippen molar-refractivity contribution in [2.75, 3.05) is 13.2 Å². The van der Waals surface area contributed by atoms with E-state index in [0.29, 0.717) is 25.6 Å². The molecule has 2 heterocycles. The molecule has 2 aliphatic heterocycles. The molecule has 0 spiro atoms. The van der Waals surface area contributed by atoms with Crippen molar-refractivity contribution in [1.82, 2.24) is 9.80 Å². The van der Waals surface area contributed by atoms with Crippen LogP contribution in [0.1, 0.15) is 51.4 Å². The topological polar surface area (TPSA) is 40.6 Å². The summed E-state index contributed by atoms with van der Waals surface area (Å²) in [5.41, 5.74) is 0. The maximum absolute atomic E-state index is 11.7. The van der Waals surface area contributed by atoms with Crippen LogP contribution in [0.2, 0.25) is 0 Å². The smallest absolute Gasteiger partial charge is 0.230 e. The number of hydrogen-bond acceptors (Lipinski definition) is 3. The normalized spacial score (nSPS) is 33.9. The Morgan fingerprint density at radius 1 is 0.944 bits per heavy atom. The molecule has 3 rings (SSSR count). The monoisotopic (exact) mass is 250 g/mol. The third-order valence-electron chi connectivity index (χ3n) is 4.84. The lowest BCUT2D eigenvalue weighted by atomic mass is 9.78. The summed E-state index contributed by atoms with van der Waals surface area (Å²) in [5, 5.41) is 0. The highest BCUT2D eigenvalue weighted by atomic mass is 16.2. The van der Waals surface area contributed by atoms with E-state index < -0.39 is 0 Å². The van der Waals surface area contributed by atoms with Crippen LogP contribution in [-0.2, 0) is 9.59 Å². The maximum atomic E-state index is 11.7. The summed E-state index contributed by atoms with van der Waals surface area (Å²) in [5.74, 6) is 0.858. The first kappa shape index (κ1) is 12.2. The fourth-order valence-corrected chi connectivity index (χ4v) is 3.87. The Balaban J connectivity index is 1.67. The predicted octanol–water partition coefficient (Wildman–Crippen LogP) is 1.75. The average Bonchev–Trinajstić information content (AvgIpc) is 2.71. The summed E-state index contributed by atoms with van der Waals surface area (Å²) in [4.78, 5) is 27.3. The molecule has 2 atom stereocenters. The Kier molecular flexibility index (Phi) is 3.37. The van der Waals surface area contributed by atoms with E-state index >= 15 is 0 Å². The van der Waals surface area contributed by atoms with Crippen LogP contribution in [0.15, 0.2) is 0 Å². The van der Waals surface area contributed by atoms with Crippen LogP contribution in [0.3, 0.4) is 0 Å². The van der Waals surface area contributed by atoms with E-state index in [1.807, 2.05) is 0 Å². The van der Waals surface area contributed by atoms with E-state index in [2.05, 4.69) is 4.90 Å². The van der Waals surface area contributed by atoms with Crippen LogP contribution < -0.4 is 0 Å². The minimum atomic E-state index is 0.0259. The Morgan fingerprint density at radius 3 is 2.39 bits per heavy atom. The van der Waals surface area contributed by atoms with E-state index in [1.54, 1.807) is 0 Å². The molecule has 1 aliphatic carbocycles. The van der Waals surface area contributed by atoms with Crippen LogP contribution in [0.25, 0.3) is 0 Å². The molecule has 18 heavy (non-hydrogen) atoms. The summed E-state index contributed by atoms with van der Waals surface area (Å²) >= 11 is 0. The van der Waals surface area contributed by atoms with Gasteiger partial charge in [0.2, 0.25) is 11.8 Å². The molecule has 3 aliphatic rings. The predicted molar refractivity (Wildman–Crippen MR) is 67.6 cm³/mol. The van der Waals surface area contributed by atoms with Crippen LogP contribution >= 0.6 is 0 Å². The summed E-state index contributed by atoms with van der Waals surface area (Å²) in [7, 11) is 0. The van der Waals surface area contributed by atoms with Gasteiger partial charge in [0.1, 0.15) is 0 Å². The fourth-order valence-electron chi connectivity index (χ4n) is 3.87. The molecule has 3 fully saturated rings. The highest BCUT2D eigenvalue weighted by Crippen LogP contribution is 2.35. The van der Waals surface area contributed by atoms with Gasteiger partial charge in [-0.2, -0.15) is 0 Å². The molecule has 4 heteroatoms. The van der Waals surface area contributed by atoms with Gasteiger partial charge in [-0.15, -0.1) is 0 Å². The van der Waals surface area contributed by atoms with Crippen molar-refractivity contribution in [2.24, 2.45) is 5.92 Å². The van der Waals surface area contributed by atoms with Gasteiger partial charge in [0.05, 0.1) is 6.67 Å². The van der Waals surface area contributed by atoms with Crippen molar-refractivity contribution in [3.8, 4) is 0 Å². The number of carbonyl (C=O) groups is 2. The Morgan fingerprint density at radius 2 is 1.61 bits per heavy atom. The molecule has 0 radical (unpaired) electrons. The number of carbonyl (C=O) groups excluding carboxylic acids is 2. The number of amides is 2. The van der Waals surface area contributed by atoms with E-state index in [9.17, 15) is 9.59 Å². The number of rotatable bonds is 2. The van der Waals surface area contributed by atoms with Crippen molar-refractivity contribution in [3.05, 3.63) is 0 Å². The minimum Gasteiger partial charge on any atom is -0.282 e. The van der Waals surface area contributed by atoms with E-state index in [1.165, 1.54) is 43.4 Å². The summed E-state index contributed by atoms with van der Waals surface area (Å²) in [6.45, 7) is 1.61. The zero-order valence-electron chi connectivity index (χ0n) is 10.9. The summed E-state index contributed by atoms with van der Waals surface area (Å²) in [6, 6.07) is 0.619. The molecule has 0 aromatic carbocycles. The van der Waals surface area contributed by atoms with Gasteiger partial charge in [-0.1, -0.05) is 12.8 Å². The zero-order chi connectivity index (χ0) is 12.5. The lowest BCUT2D eigenvalue weighted by Crippen LogP contribution is -2.52. The molecule has 1 saturated carbocycles.